The summed E-state index contributed by atoms with van der Waals surface area (Å²) in [4.78, 5) is 11.2. The maximum atomic E-state index is 11.2. The van der Waals surface area contributed by atoms with E-state index in [2.05, 4.69) is 23.5 Å². The zero-order chi connectivity index (χ0) is 12.8. The van der Waals surface area contributed by atoms with Gasteiger partial charge in [0, 0.05) is 6.42 Å². The summed E-state index contributed by atoms with van der Waals surface area (Å²) >= 11 is 0. The summed E-state index contributed by atoms with van der Waals surface area (Å²) in [5.41, 5.74) is 4.25. The Kier molecular flexibility index (Phi) is 4.76. The highest BCUT2D eigenvalue weighted by Crippen LogP contribution is 2.22. The van der Waals surface area contributed by atoms with Crippen molar-refractivity contribution >= 4 is 5.97 Å². The number of nitrogens with one attached hydrogen (secondary N) is 1. The Balaban J connectivity index is 1.84. The Morgan fingerprint density at radius 1 is 1.28 bits per heavy atom. The lowest BCUT2D eigenvalue weighted by Gasteiger charge is -2.16. The van der Waals surface area contributed by atoms with Gasteiger partial charge >= 0.3 is 5.97 Å². The molecule has 98 valence electrons. The first-order valence-corrected chi connectivity index (χ1v) is 6.70. The van der Waals surface area contributed by atoms with Gasteiger partial charge in [-0.3, -0.25) is 4.79 Å². The third-order valence-electron chi connectivity index (χ3n) is 3.39. The molecule has 0 saturated heterocycles. The van der Waals surface area contributed by atoms with Gasteiger partial charge in [-0.1, -0.05) is 18.2 Å². The third-order valence-corrected chi connectivity index (χ3v) is 3.39. The smallest absolute Gasteiger partial charge is 0.319 e. The van der Waals surface area contributed by atoms with Gasteiger partial charge in [-0.25, -0.2) is 0 Å². The molecular formula is C15H21NO2. The number of benzene rings is 1. The second-order valence-electron chi connectivity index (χ2n) is 4.81. The number of hydrogen-bond donors (Lipinski definition) is 1. The normalized spacial score (nSPS) is 14.1. The lowest BCUT2D eigenvalue weighted by Crippen LogP contribution is -2.21. The molecule has 3 heteroatoms. The second kappa shape index (κ2) is 6.55. The highest BCUT2D eigenvalue weighted by molar-refractivity contribution is 5.71. The number of fused-ring (bicyclic) bond motifs is 1. The number of carbonyl (C=O) groups excluding carboxylic acids is 1. The summed E-state index contributed by atoms with van der Waals surface area (Å²) in [6.45, 7) is 0.753. The van der Waals surface area contributed by atoms with E-state index in [-0.39, 0.29) is 12.5 Å². The molecule has 0 unspecified atom stereocenters. The largest absolute Gasteiger partial charge is 0.464 e. The van der Waals surface area contributed by atoms with Gasteiger partial charge in [0.2, 0.25) is 0 Å². The van der Waals surface area contributed by atoms with E-state index < -0.39 is 0 Å². The van der Waals surface area contributed by atoms with Crippen molar-refractivity contribution < 1.29 is 9.53 Å². The lowest BCUT2D eigenvalue weighted by molar-refractivity contribution is -0.142. The average molecular weight is 247 g/mol. The zero-order valence-corrected chi connectivity index (χ0v) is 11.0. The van der Waals surface area contributed by atoms with E-state index in [1.54, 1.807) is 7.05 Å². The molecule has 0 amide bonds. The first-order valence-electron chi connectivity index (χ1n) is 6.70. The molecule has 1 aromatic rings. The summed E-state index contributed by atoms with van der Waals surface area (Å²) in [7, 11) is 1.74. The number of aryl methyl sites for hydroxylation is 2. The van der Waals surface area contributed by atoms with Crippen LogP contribution in [-0.4, -0.2) is 26.2 Å². The molecule has 0 aromatic heterocycles. The van der Waals surface area contributed by atoms with E-state index in [0.717, 1.165) is 6.42 Å². The summed E-state index contributed by atoms with van der Waals surface area (Å²) in [6, 6.07) is 6.68. The van der Waals surface area contributed by atoms with Gasteiger partial charge in [0.1, 0.15) is 0 Å². The van der Waals surface area contributed by atoms with Gasteiger partial charge in [0.25, 0.3) is 0 Å². The fourth-order valence-electron chi connectivity index (χ4n) is 2.42. The van der Waals surface area contributed by atoms with Crippen LogP contribution in [-0.2, 0) is 28.8 Å². The molecule has 0 atom stereocenters. The molecule has 1 N–H and O–H groups in total. The topological polar surface area (TPSA) is 38.3 Å². The van der Waals surface area contributed by atoms with E-state index in [1.807, 2.05) is 0 Å². The molecule has 1 aliphatic carbocycles. The number of likely N-dealkylation sites (N-methyl/N-ethyl adjacent to an activating group) is 1. The van der Waals surface area contributed by atoms with E-state index in [9.17, 15) is 4.79 Å². The van der Waals surface area contributed by atoms with Crippen LogP contribution in [0, 0.1) is 0 Å². The minimum absolute atomic E-state index is 0.185. The molecule has 0 aliphatic heterocycles. The van der Waals surface area contributed by atoms with Gasteiger partial charge in [-0.15, -0.1) is 0 Å². The van der Waals surface area contributed by atoms with Gasteiger partial charge < -0.3 is 10.1 Å². The standard InChI is InChI=1S/C15H21NO2/c1-16-11-15(17)18-9-8-12-6-7-13-4-2-3-5-14(13)10-12/h6-7,10,16H,2-5,8-9,11H2,1H3. The minimum Gasteiger partial charge on any atom is -0.464 e. The molecular weight excluding hydrogens is 226 g/mol. The van der Waals surface area contributed by atoms with E-state index >= 15 is 0 Å². The number of esters is 1. The SMILES string of the molecule is CNCC(=O)OCCc1ccc2c(c1)CCCC2. The first-order chi connectivity index (χ1) is 8.79. The first kappa shape index (κ1) is 13.1. The van der Waals surface area contributed by atoms with Crippen LogP contribution in [0.3, 0.4) is 0 Å². The van der Waals surface area contributed by atoms with Crippen molar-refractivity contribution in [2.45, 2.75) is 32.1 Å². The van der Waals surface area contributed by atoms with E-state index in [0.29, 0.717) is 6.61 Å². The molecule has 18 heavy (non-hydrogen) atoms. The van der Waals surface area contributed by atoms with Crippen LogP contribution in [0.4, 0.5) is 0 Å². The summed E-state index contributed by atoms with van der Waals surface area (Å²) in [6.07, 6.45) is 5.83. The van der Waals surface area contributed by atoms with Gasteiger partial charge in [-0.2, -0.15) is 0 Å². The van der Waals surface area contributed by atoms with Crippen molar-refractivity contribution in [3.05, 3.63) is 34.9 Å². The van der Waals surface area contributed by atoms with Gasteiger partial charge in [0.05, 0.1) is 13.2 Å². The predicted molar refractivity (Wildman–Crippen MR) is 71.7 cm³/mol. The highest BCUT2D eigenvalue weighted by atomic mass is 16.5. The molecule has 0 bridgehead atoms. The molecule has 0 heterocycles. The molecule has 2 rings (SSSR count). The Hall–Kier alpha value is -1.35. The van der Waals surface area contributed by atoms with E-state index in [1.165, 1.54) is 42.4 Å². The Morgan fingerprint density at radius 3 is 2.83 bits per heavy atom. The van der Waals surface area contributed by atoms with Crippen LogP contribution in [0.1, 0.15) is 29.5 Å². The quantitative estimate of drug-likeness (QED) is 0.807. The van der Waals surface area contributed by atoms with Crippen molar-refractivity contribution in [3.63, 3.8) is 0 Å². The Labute approximate surface area is 109 Å². The third kappa shape index (κ3) is 3.57. The van der Waals surface area contributed by atoms with Gasteiger partial charge in [-0.05, 0) is 49.4 Å². The van der Waals surface area contributed by atoms with Crippen molar-refractivity contribution in [3.8, 4) is 0 Å². The minimum atomic E-state index is -0.185. The monoisotopic (exact) mass is 247 g/mol. The summed E-state index contributed by atoms with van der Waals surface area (Å²) < 4.78 is 5.13. The maximum Gasteiger partial charge on any atom is 0.319 e. The maximum absolute atomic E-state index is 11.2. The lowest BCUT2D eigenvalue weighted by atomic mass is 9.90. The van der Waals surface area contributed by atoms with Crippen molar-refractivity contribution in [2.24, 2.45) is 0 Å². The molecule has 0 spiro atoms. The second-order valence-corrected chi connectivity index (χ2v) is 4.81. The highest BCUT2D eigenvalue weighted by Gasteiger charge is 2.09. The molecule has 3 nitrogen and oxygen atoms in total. The molecule has 0 radical (unpaired) electrons. The van der Waals surface area contributed by atoms with Crippen molar-refractivity contribution in [2.75, 3.05) is 20.2 Å². The van der Waals surface area contributed by atoms with Gasteiger partial charge in [0.15, 0.2) is 0 Å². The number of carbonyl (C=O) groups is 1. The predicted octanol–water partition coefficient (Wildman–Crippen LogP) is 1.87. The molecule has 1 aromatic carbocycles. The van der Waals surface area contributed by atoms with Crippen LogP contribution in [0.15, 0.2) is 18.2 Å². The average Bonchev–Trinajstić information content (AvgIpc) is 2.39. The molecule has 0 fully saturated rings. The zero-order valence-electron chi connectivity index (χ0n) is 11.0. The number of hydrogen-bond acceptors (Lipinski definition) is 3. The van der Waals surface area contributed by atoms with Crippen molar-refractivity contribution in [1.29, 1.82) is 0 Å². The molecule has 0 saturated carbocycles. The van der Waals surface area contributed by atoms with Crippen LogP contribution in [0.2, 0.25) is 0 Å². The number of rotatable bonds is 5. The molecule has 1 aliphatic rings. The van der Waals surface area contributed by atoms with E-state index in [4.69, 9.17) is 4.74 Å². The summed E-state index contributed by atoms with van der Waals surface area (Å²) in [5.74, 6) is -0.185. The van der Waals surface area contributed by atoms with Crippen molar-refractivity contribution in [1.82, 2.24) is 5.32 Å². The fourth-order valence-corrected chi connectivity index (χ4v) is 2.42. The summed E-state index contributed by atoms with van der Waals surface area (Å²) in [5, 5.41) is 2.78. The fraction of sp³-hybridized carbons (Fsp3) is 0.533. The Morgan fingerprint density at radius 2 is 2.06 bits per heavy atom. The van der Waals surface area contributed by atoms with Crippen LogP contribution in [0.5, 0.6) is 0 Å². The van der Waals surface area contributed by atoms with Crippen LogP contribution in [0.25, 0.3) is 0 Å². The van der Waals surface area contributed by atoms with Crippen LogP contribution >= 0.6 is 0 Å². The Bertz CT molecular complexity index is 415. The van der Waals surface area contributed by atoms with Crippen LogP contribution < -0.4 is 5.32 Å². The number of ether oxygens (including phenoxy) is 1.